The number of carbonyl (C=O) groups is 2. The van der Waals surface area contributed by atoms with Crippen LogP contribution in [0, 0.1) is 28.6 Å². The van der Waals surface area contributed by atoms with Crippen LogP contribution in [0.25, 0.3) is 0 Å². The lowest BCUT2D eigenvalue weighted by atomic mass is 9.47. The zero-order valence-corrected chi connectivity index (χ0v) is 19.7. The summed E-state index contributed by atoms with van der Waals surface area (Å²) < 4.78 is 1.10. The van der Waals surface area contributed by atoms with Crippen LogP contribution < -0.4 is 0 Å². The number of carbonyl (C=O) groups excluding carboxylic acids is 2. The molecule has 4 aliphatic rings. The predicted octanol–water partition coefficient (Wildman–Crippen LogP) is 6.62. The Morgan fingerprint density at radius 2 is 1.69 bits per heavy atom. The number of ketones is 2. The molecule has 1 aromatic carbocycles. The van der Waals surface area contributed by atoms with Crippen LogP contribution in [0.15, 0.2) is 45.3 Å². The lowest BCUT2D eigenvalue weighted by Gasteiger charge is -2.59. The number of fused-ring (bicyclic) bond motifs is 5. The first-order valence-corrected chi connectivity index (χ1v) is 12.7. The standard InChI is InChI=1S/C25H29BrO2S/c1-24-11-9-17(27)13-15(24)14-21(29-18-5-3-16(26)4-6-18)23-19-7-8-22(28)25(19,2)12-10-20(23)24/h3-6,13,19-21,23H,7-12,14H2,1-2H3/t19-,20-,21+,23-,24-,25-/m0/s1. The van der Waals surface area contributed by atoms with Gasteiger partial charge in [-0.3, -0.25) is 9.59 Å². The minimum atomic E-state index is -0.123. The third-order valence-electron chi connectivity index (χ3n) is 8.77. The van der Waals surface area contributed by atoms with Crippen molar-refractivity contribution in [3.05, 3.63) is 40.4 Å². The van der Waals surface area contributed by atoms with Gasteiger partial charge in [-0.15, -0.1) is 11.8 Å². The molecule has 1 aromatic rings. The van der Waals surface area contributed by atoms with Gasteiger partial charge in [0.1, 0.15) is 5.78 Å². The van der Waals surface area contributed by atoms with Gasteiger partial charge in [-0.2, -0.15) is 0 Å². The van der Waals surface area contributed by atoms with E-state index in [9.17, 15) is 9.59 Å². The number of benzene rings is 1. The highest BCUT2D eigenvalue weighted by Gasteiger charge is 2.61. The molecule has 0 radical (unpaired) electrons. The molecule has 3 saturated carbocycles. The topological polar surface area (TPSA) is 34.1 Å². The zero-order valence-electron chi connectivity index (χ0n) is 17.2. The SMILES string of the molecule is C[C@]12CCC(=O)C=C1C[C@@H](Sc1ccc(Br)cc1)[C@@H]1[C@@H]2CC[C@]2(C)C(=O)CC[C@@H]12. The van der Waals surface area contributed by atoms with Crippen LogP contribution in [0.2, 0.25) is 0 Å². The molecule has 0 saturated heterocycles. The van der Waals surface area contributed by atoms with Crippen LogP contribution >= 0.6 is 27.7 Å². The molecule has 0 bridgehead atoms. The normalized spacial score (nSPS) is 41.4. The summed E-state index contributed by atoms with van der Waals surface area (Å²) in [6, 6.07) is 8.61. The smallest absolute Gasteiger partial charge is 0.155 e. The molecular formula is C25H29BrO2S. The van der Waals surface area contributed by atoms with Gasteiger partial charge in [-0.25, -0.2) is 0 Å². The second-order valence-corrected chi connectivity index (χ2v) is 12.3. The summed E-state index contributed by atoms with van der Waals surface area (Å²) in [5.74, 6) is 2.45. The minimum Gasteiger partial charge on any atom is -0.299 e. The van der Waals surface area contributed by atoms with E-state index in [4.69, 9.17) is 0 Å². The van der Waals surface area contributed by atoms with Crippen molar-refractivity contribution in [2.45, 2.75) is 68.9 Å². The first-order valence-electron chi connectivity index (χ1n) is 11.0. The minimum absolute atomic E-state index is 0.123. The maximum Gasteiger partial charge on any atom is 0.155 e. The first-order chi connectivity index (χ1) is 13.8. The van der Waals surface area contributed by atoms with Crippen molar-refractivity contribution in [3.63, 3.8) is 0 Å². The van der Waals surface area contributed by atoms with E-state index in [2.05, 4.69) is 54.0 Å². The summed E-state index contributed by atoms with van der Waals surface area (Å²) in [5, 5.41) is 0.446. The number of Topliss-reactive ketones (excluding diaryl/α,β-unsaturated/α-hetero) is 1. The average molecular weight is 473 g/mol. The Morgan fingerprint density at radius 1 is 0.966 bits per heavy atom. The number of halogens is 1. The average Bonchev–Trinajstić information content (AvgIpc) is 3.00. The molecule has 0 unspecified atom stereocenters. The van der Waals surface area contributed by atoms with E-state index in [-0.39, 0.29) is 10.8 Å². The van der Waals surface area contributed by atoms with Gasteiger partial charge in [0.15, 0.2) is 5.78 Å². The fraction of sp³-hybridized carbons (Fsp3) is 0.600. The van der Waals surface area contributed by atoms with Gasteiger partial charge >= 0.3 is 0 Å². The molecule has 4 aliphatic carbocycles. The van der Waals surface area contributed by atoms with Crippen molar-refractivity contribution < 1.29 is 9.59 Å². The lowest BCUT2D eigenvalue weighted by Crippen LogP contribution is -2.54. The van der Waals surface area contributed by atoms with Gasteiger partial charge in [-0.1, -0.05) is 35.4 Å². The van der Waals surface area contributed by atoms with Gasteiger partial charge in [-0.05, 0) is 85.6 Å². The Balaban J connectivity index is 1.56. The first kappa shape index (κ1) is 20.1. The third-order valence-corrected chi connectivity index (χ3v) is 10.6. The van der Waals surface area contributed by atoms with Crippen LogP contribution in [-0.4, -0.2) is 16.8 Å². The predicted molar refractivity (Wildman–Crippen MR) is 121 cm³/mol. The van der Waals surface area contributed by atoms with Gasteiger partial charge in [0.25, 0.3) is 0 Å². The molecule has 0 N–H and O–H groups in total. The van der Waals surface area contributed by atoms with Crippen LogP contribution in [0.1, 0.15) is 58.8 Å². The van der Waals surface area contributed by atoms with Crippen molar-refractivity contribution in [3.8, 4) is 0 Å². The summed E-state index contributed by atoms with van der Waals surface area (Å²) in [5.41, 5.74) is 1.40. The van der Waals surface area contributed by atoms with E-state index in [0.29, 0.717) is 41.0 Å². The largest absolute Gasteiger partial charge is 0.299 e. The van der Waals surface area contributed by atoms with E-state index in [1.807, 2.05) is 17.8 Å². The van der Waals surface area contributed by atoms with Crippen LogP contribution in [0.5, 0.6) is 0 Å². The molecule has 5 rings (SSSR count). The Morgan fingerprint density at radius 3 is 2.45 bits per heavy atom. The van der Waals surface area contributed by atoms with Gasteiger partial charge in [0, 0.05) is 32.9 Å². The van der Waals surface area contributed by atoms with E-state index in [1.54, 1.807) is 0 Å². The summed E-state index contributed by atoms with van der Waals surface area (Å²) in [6.45, 7) is 4.67. The molecule has 154 valence electrons. The lowest BCUT2D eigenvalue weighted by molar-refractivity contribution is -0.132. The second kappa shape index (κ2) is 7.09. The molecule has 0 aliphatic heterocycles. The van der Waals surface area contributed by atoms with E-state index in [1.165, 1.54) is 10.5 Å². The molecule has 2 nitrogen and oxygen atoms in total. The van der Waals surface area contributed by atoms with Gasteiger partial charge < -0.3 is 0 Å². The molecule has 6 atom stereocenters. The highest BCUT2D eigenvalue weighted by molar-refractivity contribution is 9.10. The summed E-state index contributed by atoms with van der Waals surface area (Å²) in [6.07, 6.45) is 8.64. The summed E-state index contributed by atoms with van der Waals surface area (Å²) in [7, 11) is 0. The second-order valence-electron chi connectivity index (χ2n) is 10.1. The highest BCUT2D eigenvalue weighted by atomic mass is 79.9. The molecule has 0 amide bonds. The van der Waals surface area contributed by atoms with Crippen molar-refractivity contribution in [1.82, 2.24) is 0 Å². The maximum absolute atomic E-state index is 12.8. The summed E-state index contributed by atoms with van der Waals surface area (Å²) in [4.78, 5) is 26.4. The Bertz CT molecular complexity index is 891. The number of hydrogen-bond acceptors (Lipinski definition) is 3. The molecular weight excluding hydrogens is 444 g/mol. The molecule has 29 heavy (non-hydrogen) atoms. The fourth-order valence-electron chi connectivity index (χ4n) is 7.08. The molecule has 3 fully saturated rings. The number of rotatable bonds is 2. The molecule has 0 heterocycles. The fourth-order valence-corrected chi connectivity index (χ4v) is 8.79. The van der Waals surface area contributed by atoms with Crippen LogP contribution in [0.3, 0.4) is 0 Å². The molecule has 0 aromatic heterocycles. The quantitative estimate of drug-likeness (QED) is 0.484. The third kappa shape index (κ3) is 3.12. The zero-order chi connectivity index (χ0) is 20.4. The van der Waals surface area contributed by atoms with Crippen molar-refractivity contribution in [2.75, 3.05) is 0 Å². The Kier molecular flexibility index (Phi) is 4.90. The van der Waals surface area contributed by atoms with Crippen molar-refractivity contribution in [1.29, 1.82) is 0 Å². The van der Waals surface area contributed by atoms with Crippen LogP contribution in [-0.2, 0) is 9.59 Å². The van der Waals surface area contributed by atoms with Gasteiger partial charge in [0.2, 0.25) is 0 Å². The van der Waals surface area contributed by atoms with E-state index in [0.717, 1.165) is 43.0 Å². The Labute approximate surface area is 186 Å². The molecule has 4 heteroatoms. The van der Waals surface area contributed by atoms with Crippen molar-refractivity contribution >= 4 is 39.3 Å². The van der Waals surface area contributed by atoms with Crippen LogP contribution in [0.4, 0.5) is 0 Å². The van der Waals surface area contributed by atoms with E-state index >= 15 is 0 Å². The number of hydrogen-bond donors (Lipinski definition) is 0. The summed E-state index contributed by atoms with van der Waals surface area (Å²) >= 11 is 5.52. The number of allylic oxidation sites excluding steroid dienone is 1. The highest BCUT2D eigenvalue weighted by Crippen LogP contribution is 2.66. The van der Waals surface area contributed by atoms with Gasteiger partial charge in [0.05, 0.1) is 0 Å². The van der Waals surface area contributed by atoms with Crippen molar-refractivity contribution in [2.24, 2.45) is 28.6 Å². The van der Waals surface area contributed by atoms with E-state index < -0.39 is 0 Å². The Hall–Kier alpha value is -0.870. The maximum atomic E-state index is 12.8. The molecule has 0 spiro atoms. The monoisotopic (exact) mass is 472 g/mol. The number of thioether (sulfide) groups is 1.